The number of likely N-dealkylation sites (N-methyl/N-ethyl adjacent to an activating group) is 1. The monoisotopic (exact) mass is 314 g/mol. The summed E-state index contributed by atoms with van der Waals surface area (Å²) in [5.41, 5.74) is 1.10. The van der Waals surface area contributed by atoms with E-state index in [2.05, 4.69) is 15.3 Å². The van der Waals surface area contributed by atoms with Crippen LogP contribution < -0.4 is 20.5 Å². The number of rotatable bonds is 3. The molecule has 0 saturated carbocycles. The number of aromatic amines is 1. The third kappa shape index (κ3) is 3.05. The van der Waals surface area contributed by atoms with Crippen LogP contribution in [-0.2, 0) is 11.3 Å². The number of fused-ring (bicyclic) bond motifs is 1. The predicted octanol–water partition coefficient (Wildman–Crippen LogP) is 0.0551. The molecule has 0 spiro atoms. The molecule has 2 amide bonds. The number of benzene rings is 1. The van der Waals surface area contributed by atoms with Crippen LogP contribution in [0.1, 0.15) is 16.1 Å². The van der Waals surface area contributed by atoms with Gasteiger partial charge < -0.3 is 19.9 Å². The van der Waals surface area contributed by atoms with Crippen molar-refractivity contribution in [3.05, 3.63) is 52.2 Å². The number of anilines is 1. The van der Waals surface area contributed by atoms with Crippen molar-refractivity contribution in [1.29, 1.82) is 0 Å². The topological polar surface area (TPSA) is 104 Å². The molecule has 0 radical (unpaired) electrons. The van der Waals surface area contributed by atoms with E-state index < -0.39 is 0 Å². The normalized spacial score (nSPS) is 13.3. The van der Waals surface area contributed by atoms with Crippen molar-refractivity contribution in [2.24, 2.45) is 0 Å². The van der Waals surface area contributed by atoms with Gasteiger partial charge in [-0.25, -0.2) is 4.98 Å². The van der Waals surface area contributed by atoms with Crippen LogP contribution in [0.4, 0.5) is 5.69 Å². The number of nitrogens with zero attached hydrogens (tertiary/aromatic N) is 2. The summed E-state index contributed by atoms with van der Waals surface area (Å²) in [4.78, 5) is 42.8. The fourth-order valence-corrected chi connectivity index (χ4v) is 2.19. The molecule has 0 atom stereocenters. The number of ether oxygens (including phenoxy) is 1. The Hall–Kier alpha value is -3.16. The van der Waals surface area contributed by atoms with Crippen LogP contribution in [0, 0.1) is 0 Å². The summed E-state index contributed by atoms with van der Waals surface area (Å²) in [7, 11) is 1.63. The van der Waals surface area contributed by atoms with E-state index in [1.165, 1.54) is 17.3 Å². The van der Waals surface area contributed by atoms with Gasteiger partial charge in [-0.1, -0.05) is 0 Å². The fourth-order valence-electron chi connectivity index (χ4n) is 2.19. The van der Waals surface area contributed by atoms with Crippen LogP contribution in [0.25, 0.3) is 0 Å². The number of amides is 2. The van der Waals surface area contributed by atoms with Crippen molar-refractivity contribution in [2.45, 2.75) is 6.54 Å². The molecule has 23 heavy (non-hydrogen) atoms. The zero-order chi connectivity index (χ0) is 16.4. The number of carbonyl (C=O) groups is 2. The number of carbonyl (C=O) groups excluding carboxylic acids is 2. The molecule has 3 rings (SSSR count). The highest BCUT2D eigenvalue weighted by Gasteiger charge is 2.23. The molecule has 1 aromatic heterocycles. The third-order valence-electron chi connectivity index (χ3n) is 3.47. The minimum Gasteiger partial charge on any atom is -0.482 e. The quantitative estimate of drug-likeness (QED) is 0.833. The second-order valence-corrected chi connectivity index (χ2v) is 5.01. The summed E-state index contributed by atoms with van der Waals surface area (Å²) < 4.78 is 5.31. The molecular weight excluding hydrogens is 300 g/mol. The van der Waals surface area contributed by atoms with Crippen LogP contribution in [0.2, 0.25) is 0 Å². The number of nitrogens with one attached hydrogen (secondary N) is 2. The van der Waals surface area contributed by atoms with Crippen molar-refractivity contribution in [2.75, 3.05) is 18.6 Å². The maximum Gasteiger partial charge on any atom is 0.264 e. The van der Waals surface area contributed by atoms with Gasteiger partial charge in [0.15, 0.2) is 6.61 Å². The predicted molar refractivity (Wildman–Crippen MR) is 81.4 cm³/mol. The molecule has 0 unspecified atom stereocenters. The van der Waals surface area contributed by atoms with Gasteiger partial charge in [0.05, 0.1) is 24.3 Å². The first-order valence-corrected chi connectivity index (χ1v) is 6.90. The SMILES string of the molecule is CN1C(=O)COc2ccc(C(=O)NCc3cc(=O)[nH]cn3)cc21. The van der Waals surface area contributed by atoms with Gasteiger partial charge in [0.1, 0.15) is 5.75 Å². The zero-order valence-electron chi connectivity index (χ0n) is 12.3. The Labute approximate surface area is 131 Å². The molecule has 0 aliphatic carbocycles. The van der Waals surface area contributed by atoms with Gasteiger partial charge in [-0.15, -0.1) is 0 Å². The van der Waals surface area contributed by atoms with E-state index in [0.29, 0.717) is 22.7 Å². The first kappa shape index (κ1) is 14.8. The van der Waals surface area contributed by atoms with Crippen LogP contribution >= 0.6 is 0 Å². The highest BCUT2D eigenvalue weighted by atomic mass is 16.5. The molecule has 1 aliphatic heterocycles. The summed E-state index contributed by atoms with van der Waals surface area (Å²) in [5.74, 6) is 0.0454. The molecule has 118 valence electrons. The number of hydrogen-bond acceptors (Lipinski definition) is 5. The Balaban J connectivity index is 1.75. The molecule has 8 nitrogen and oxygen atoms in total. The van der Waals surface area contributed by atoms with Crippen LogP contribution in [-0.4, -0.2) is 35.4 Å². The second kappa shape index (κ2) is 5.91. The van der Waals surface area contributed by atoms with Gasteiger partial charge in [0.25, 0.3) is 17.4 Å². The van der Waals surface area contributed by atoms with Gasteiger partial charge in [0.2, 0.25) is 0 Å². The molecule has 1 aliphatic rings. The number of H-pyrrole nitrogens is 1. The zero-order valence-corrected chi connectivity index (χ0v) is 12.3. The summed E-state index contributed by atoms with van der Waals surface area (Å²) in [6.45, 7) is 0.119. The summed E-state index contributed by atoms with van der Waals surface area (Å²) in [6.07, 6.45) is 1.28. The minimum absolute atomic E-state index is 0.0106. The summed E-state index contributed by atoms with van der Waals surface area (Å²) in [6, 6.07) is 6.17. The lowest BCUT2D eigenvalue weighted by Crippen LogP contribution is -2.35. The van der Waals surface area contributed by atoms with E-state index in [-0.39, 0.29) is 30.5 Å². The Bertz CT molecular complexity index is 830. The molecule has 2 heterocycles. The highest BCUT2D eigenvalue weighted by molar-refractivity contribution is 6.00. The van der Waals surface area contributed by atoms with Crippen molar-refractivity contribution < 1.29 is 14.3 Å². The third-order valence-corrected chi connectivity index (χ3v) is 3.47. The number of hydrogen-bond donors (Lipinski definition) is 2. The average molecular weight is 314 g/mol. The van der Waals surface area contributed by atoms with Gasteiger partial charge in [0, 0.05) is 18.7 Å². The largest absolute Gasteiger partial charge is 0.482 e. The lowest BCUT2D eigenvalue weighted by molar-refractivity contribution is -0.120. The van der Waals surface area contributed by atoms with E-state index in [1.54, 1.807) is 25.2 Å². The lowest BCUT2D eigenvalue weighted by Gasteiger charge is -2.26. The molecular formula is C15H14N4O4. The maximum atomic E-state index is 12.2. The van der Waals surface area contributed by atoms with Crippen LogP contribution in [0.5, 0.6) is 5.75 Å². The van der Waals surface area contributed by atoms with Gasteiger partial charge in [-0.2, -0.15) is 0 Å². The van der Waals surface area contributed by atoms with E-state index in [9.17, 15) is 14.4 Å². The molecule has 0 bridgehead atoms. The fraction of sp³-hybridized carbons (Fsp3) is 0.200. The van der Waals surface area contributed by atoms with Gasteiger partial charge in [-0.3, -0.25) is 14.4 Å². The van der Waals surface area contributed by atoms with Crippen molar-refractivity contribution >= 4 is 17.5 Å². The van der Waals surface area contributed by atoms with Crippen molar-refractivity contribution in [1.82, 2.24) is 15.3 Å². The molecule has 1 aromatic carbocycles. The molecule has 8 heteroatoms. The maximum absolute atomic E-state index is 12.2. The Kier molecular flexibility index (Phi) is 3.80. The molecule has 2 aromatic rings. The summed E-state index contributed by atoms with van der Waals surface area (Å²) in [5, 5.41) is 2.68. The van der Waals surface area contributed by atoms with Crippen LogP contribution in [0.15, 0.2) is 35.4 Å². The minimum atomic E-state index is -0.332. The van der Waals surface area contributed by atoms with E-state index in [0.717, 1.165) is 0 Å². The van der Waals surface area contributed by atoms with E-state index in [4.69, 9.17) is 4.74 Å². The van der Waals surface area contributed by atoms with Crippen molar-refractivity contribution in [3.63, 3.8) is 0 Å². The lowest BCUT2D eigenvalue weighted by atomic mass is 10.1. The molecule has 0 saturated heterocycles. The second-order valence-electron chi connectivity index (χ2n) is 5.01. The molecule has 2 N–H and O–H groups in total. The van der Waals surface area contributed by atoms with Gasteiger partial charge in [-0.05, 0) is 18.2 Å². The number of aromatic nitrogens is 2. The standard InChI is InChI=1S/C15H14N4O4/c1-19-11-4-9(2-3-12(11)23-7-14(19)21)15(22)16-6-10-5-13(20)18-8-17-10/h2-5,8H,6-7H2,1H3,(H,16,22)(H,17,18,20). The first-order chi connectivity index (χ1) is 11.0. The molecule has 0 fully saturated rings. The van der Waals surface area contributed by atoms with Gasteiger partial charge >= 0.3 is 0 Å². The Morgan fingerprint density at radius 1 is 1.39 bits per heavy atom. The summed E-state index contributed by atoms with van der Waals surface area (Å²) >= 11 is 0. The highest BCUT2D eigenvalue weighted by Crippen LogP contribution is 2.31. The Morgan fingerprint density at radius 3 is 3.00 bits per heavy atom. The Morgan fingerprint density at radius 2 is 2.22 bits per heavy atom. The van der Waals surface area contributed by atoms with E-state index >= 15 is 0 Å². The average Bonchev–Trinajstić information content (AvgIpc) is 2.56. The van der Waals surface area contributed by atoms with Crippen LogP contribution in [0.3, 0.4) is 0 Å². The smallest absolute Gasteiger partial charge is 0.264 e. The van der Waals surface area contributed by atoms with Crippen molar-refractivity contribution in [3.8, 4) is 5.75 Å². The van der Waals surface area contributed by atoms with E-state index in [1.807, 2.05) is 0 Å². The first-order valence-electron chi connectivity index (χ1n) is 6.90.